The summed E-state index contributed by atoms with van der Waals surface area (Å²) < 4.78 is 28.4. The SMILES string of the molecule is CC(=O)NC1CCN(C(=O)CN2CCC3(CC2)CN(C)C3)CC1(F)F. The Morgan fingerprint density at radius 1 is 1.12 bits per heavy atom. The molecule has 0 radical (unpaired) electrons. The molecule has 8 heteroatoms. The van der Waals surface area contributed by atoms with Gasteiger partial charge in [0.1, 0.15) is 0 Å². The first-order valence-corrected chi connectivity index (χ1v) is 9.03. The minimum Gasteiger partial charge on any atom is -0.347 e. The van der Waals surface area contributed by atoms with Gasteiger partial charge in [-0.25, -0.2) is 8.78 Å². The zero-order valence-corrected chi connectivity index (χ0v) is 15.1. The number of hydrogen-bond acceptors (Lipinski definition) is 4. The summed E-state index contributed by atoms with van der Waals surface area (Å²) >= 11 is 0. The van der Waals surface area contributed by atoms with Crippen molar-refractivity contribution in [2.24, 2.45) is 5.41 Å². The Morgan fingerprint density at radius 3 is 2.28 bits per heavy atom. The van der Waals surface area contributed by atoms with Crippen molar-refractivity contribution in [3.05, 3.63) is 0 Å². The number of amides is 2. The molecule has 0 aromatic rings. The van der Waals surface area contributed by atoms with Crippen molar-refractivity contribution in [1.82, 2.24) is 20.0 Å². The van der Waals surface area contributed by atoms with E-state index in [2.05, 4.69) is 22.2 Å². The largest absolute Gasteiger partial charge is 0.347 e. The Bertz CT molecular complexity index is 527. The number of rotatable bonds is 3. The lowest BCUT2D eigenvalue weighted by Crippen LogP contribution is -2.61. The summed E-state index contributed by atoms with van der Waals surface area (Å²) in [6.45, 7) is 5.07. The summed E-state index contributed by atoms with van der Waals surface area (Å²) in [4.78, 5) is 29.1. The molecule has 3 saturated heterocycles. The van der Waals surface area contributed by atoms with Crippen molar-refractivity contribution in [3.8, 4) is 0 Å². The molecular weight excluding hydrogens is 330 g/mol. The lowest BCUT2D eigenvalue weighted by molar-refractivity contribution is -0.149. The lowest BCUT2D eigenvalue weighted by atomic mass is 9.72. The number of nitrogens with one attached hydrogen (secondary N) is 1. The molecule has 25 heavy (non-hydrogen) atoms. The van der Waals surface area contributed by atoms with Crippen molar-refractivity contribution >= 4 is 11.8 Å². The van der Waals surface area contributed by atoms with Crippen molar-refractivity contribution in [2.75, 3.05) is 52.9 Å². The van der Waals surface area contributed by atoms with E-state index in [1.165, 1.54) is 11.8 Å². The van der Waals surface area contributed by atoms with Crippen LogP contribution in [-0.2, 0) is 9.59 Å². The molecule has 3 aliphatic rings. The van der Waals surface area contributed by atoms with Crippen LogP contribution in [0.1, 0.15) is 26.2 Å². The molecule has 1 atom stereocenters. The first-order chi connectivity index (χ1) is 11.7. The van der Waals surface area contributed by atoms with E-state index in [0.29, 0.717) is 5.41 Å². The summed E-state index contributed by atoms with van der Waals surface area (Å²) in [5.74, 6) is -3.78. The highest BCUT2D eigenvalue weighted by Crippen LogP contribution is 2.39. The van der Waals surface area contributed by atoms with Gasteiger partial charge in [0, 0.05) is 26.6 Å². The fraction of sp³-hybridized carbons (Fsp3) is 0.882. The highest BCUT2D eigenvalue weighted by molar-refractivity contribution is 5.78. The molecule has 0 aromatic carbocycles. The molecule has 3 fully saturated rings. The van der Waals surface area contributed by atoms with Gasteiger partial charge in [-0.1, -0.05) is 0 Å². The molecule has 142 valence electrons. The van der Waals surface area contributed by atoms with Gasteiger partial charge in [-0.05, 0) is 44.8 Å². The van der Waals surface area contributed by atoms with E-state index < -0.39 is 24.4 Å². The quantitative estimate of drug-likeness (QED) is 0.793. The van der Waals surface area contributed by atoms with Crippen LogP contribution < -0.4 is 5.32 Å². The summed E-state index contributed by atoms with van der Waals surface area (Å²) in [6.07, 6.45) is 2.24. The second-order valence-electron chi connectivity index (χ2n) is 8.07. The predicted molar refractivity (Wildman–Crippen MR) is 89.4 cm³/mol. The molecule has 2 amide bonds. The summed E-state index contributed by atoms with van der Waals surface area (Å²) in [5.41, 5.74) is 0.415. The van der Waals surface area contributed by atoms with Gasteiger partial charge in [-0.15, -0.1) is 0 Å². The van der Waals surface area contributed by atoms with Crippen LogP contribution >= 0.6 is 0 Å². The molecule has 3 rings (SSSR count). The number of halogens is 2. The van der Waals surface area contributed by atoms with Gasteiger partial charge < -0.3 is 15.1 Å². The highest BCUT2D eigenvalue weighted by atomic mass is 19.3. The average molecular weight is 358 g/mol. The molecule has 3 heterocycles. The average Bonchev–Trinajstić information content (AvgIpc) is 2.49. The number of hydrogen-bond donors (Lipinski definition) is 1. The molecule has 0 saturated carbocycles. The van der Waals surface area contributed by atoms with Crippen molar-refractivity contribution in [2.45, 2.75) is 38.2 Å². The van der Waals surface area contributed by atoms with E-state index in [1.54, 1.807) is 0 Å². The Morgan fingerprint density at radius 2 is 1.76 bits per heavy atom. The van der Waals surface area contributed by atoms with Crippen molar-refractivity contribution in [1.29, 1.82) is 0 Å². The highest BCUT2D eigenvalue weighted by Gasteiger charge is 2.47. The first-order valence-electron chi connectivity index (χ1n) is 9.03. The standard InChI is InChI=1S/C17H28F2N4O2/c1-13(24)20-14-3-6-23(12-17(14,18)19)15(25)9-22-7-4-16(5-8-22)10-21(2)11-16/h14H,3-12H2,1-2H3,(H,20,24). The zero-order valence-electron chi connectivity index (χ0n) is 15.1. The van der Waals surface area contributed by atoms with Crippen molar-refractivity contribution in [3.63, 3.8) is 0 Å². The number of alkyl halides is 2. The van der Waals surface area contributed by atoms with Crippen LogP contribution in [0.5, 0.6) is 0 Å². The van der Waals surface area contributed by atoms with E-state index in [4.69, 9.17) is 0 Å². The molecule has 0 aromatic heterocycles. The Hall–Kier alpha value is -1.28. The maximum Gasteiger partial charge on any atom is 0.285 e. The first kappa shape index (κ1) is 18.5. The number of carbonyl (C=O) groups is 2. The minimum atomic E-state index is -3.08. The van der Waals surface area contributed by atoms with Gasteiger partial charge >= 0.3 is 0 Å². The third kappa shape index (κ3) is 4.11. The topological polar surface area (TPSA) is 55.9 Å². The monoisotopic (exact) mass is 358 g/mol. The summed E-state index contributed by atoms with van der Waals surface area (Å²) in [7, 11) is 2.12. The van der Waals surface area contributed by atoms with Crippen LogP contribution in [-0.4, -0.2) is 91.3 Å². The van der Waals surface area contributed by atoms with E-state index in [1.807, 2.05) is 0 Å². The Labute approximate surface area is 147 Å². The number of carbonyl (C=O) groups excluding carboxylic acids is 2. The van der Waals surface area contributed by atoms with Crippen LogP contribution in [0.25, 0.3) is 0 Å². The van der Waals surface area contributed by atoms with Crippen LogP contribution in [0, 0.1) is 5.41 Å². The maximum atomic E-state index is 14.2. The van der Waals surface area contributed by atoms with Gasteiger partial charge in [0.05, 0.1) is 19.1 Å². The van der Waals surface area contributed by atoms with Gasteiger partial charge in [-0.2, -0.15) is 0 Å². The summed E-state index contributed by atoms with van der Waals surface area (Å²) in [5, 5.41) is 2.30. The van der Waals surface area contributed by atoms with Crippen LogP contribution in [0.3, 0.4) is 0 Å². The molecule has 0 aliphatic carbocycles. The second kappa shape index (κ2) is 6.79. The minimum absolute atomic E-state index is 0.0910. The molecule has 3 aliphatic heterocycles. The van der Waals surface area contributed by atoms with E-state index >= 15 is 0 Å². The van der Waals surface area contributed by atoms with Crippen molar-refractivity contribution < 1.29 is 18.4 Å². The third-order valence-electron chi connectivity index (χ3n) is 5.82. The number of nitrogens with zero attached hydrogens (tertiary/aromatic N) is 3. The van der Waals surface area contributed by atoms with Gasteiger partial charge in [0.25, 0.3) is 5.92 Å². The fourth-order valence-corrected chi connectivity index (χ4v) is 4.47. The van der Waals surface area contributed by atoms with Gasteiger partial charge in [0.2, 0.25) is 11.8 Å². The molecule has 1 spiro atoms. The Kier molecular flexibility index (Phi) is 5.03. The normalized spacial score (nSPS) is 29.3. The zero-order chi connectivity index (χ0) is 18.2. The van der Waals surface area contributed by atoms with Crippen LogP contribution in [0.4, 0.5) is 8.78 Å². The molecule has 1 unspecified atom stereocenters. The van der Waals surface area contributed by atoms with Gasteiger partial charge in [0.15, 0.2) is 0 Å². The lowest BCUT2D eigenvalue weighted by Gasteiger charge is -2.53. The molecule has 0 bridgehead atoms. The van der Waals surface area contributed by atoms with E-state index in [-0.39, 0.29) is 25.4 Å². The molecule has 6 nitrogen and oxygen atoms in total. The van der Waals surface area contributed by atoms with E-state index in [9.17, 15) is 18.4 Å². The second-order valence-corrected chi connectivity index (χ2v) is 8.07. The number of piperidine rings is 2. The smallest absolute Gasteiger partial charge is 0.285 e. The Balaban J connectivity index is 1.47. The fourth-order valence-electron chi connectivity index (χ4n) is 4.47. The predicted octanol–water partition coefficient (Wildman–Crippen LogP) is 0.386. The third-order valence-corrected chi connectivity index (χ3v) is 5.82. The van der Waals surface area contributed by atoms with Crippen LogP contribution in [0.15, 0.2) is 0 Å². The number of likely N-dealkylation sites (tertiary alicyclic amines) is 3. The maximum absolute atomic E-state index is 14.2. The van der Waals surface area contributed by atoms with E-state index in [0.717, 1.165) is 39.0 Å². The summed E-state index contributed by atoms with van der Waals surface area (Å²) in [6, 6.07) is -1.18. The van der Waals surface area contributed by atoms with Crippen LogP contribution in [0.2, 0.25) is 0 Å². The van der Waals surface area contributed by atoms with Gasteiger partial charge in [-0.3, -0.25) is 14.5 Å². The molecule has 1 N–H and O–H groups in total. The molecular formula is C17H28F2N4O2.